The molecule has 2 saturated heterocycles. The standard InChI is InChI=1S/C36H42N6O4S2/c1-35(2,3)45-33(43)41-15-7-9-25(41)31-37-19-23(39-31)21-11-13-22(14-12-21)27-17-29-30(47-27)18-28(48-29)24-20-38-32(40-24)26-10-8-16-42(26)34(44)46-36(4,5)6/h11-14,17-18,20,25-26H,7-10,15-16,19H2,1-6H3,(H,38,40)/t25-,26-/m0/s1. The molecule has 2 atom stereocenters. The number of thiophene rings is 2. The van der Waals surface area contributed by atoms with E-state index in [1.165, 1.54) is 14.3 Å². The molecule has 2 fully saturated rings. The van der Waals surface area contributed by atoms with E-state index in [2.05, 4.69) is 46.4 Å². The lowest BCUT2D eigenvalue weighted by Crippen LogP contribution is -2.42. The van der Waals surface area contributed by atoms with E-state index >= 15 is 0 Å². The number of aromatic nitrogens is 2. The van der Waals surface area contributed by atoms with Crippen LogP contribution in [-0.4, -0.2) is 80.4 Å². The van der Waals surface area contributed by atoms with E-state index in [0.717, 1.165) is 64.8 Å². The van der Waals surface area contributed by atoms with Crippen molar-refractivity contribution in [3.05, 3.63) is 54.0 Å². The molecule has 0 aliphatic carbocycles. The molecule has 0 bridgehead atoms. The first-order chi connectivity index (χ1) is 22.8. The van der Waals surface area contributed by atoms with Gasteiger partial charge in [-0.05, 0) is 90.5 Å². The molecular weight excluding hydrogens is 645 g/mol. The number of nitrogens with zero attached hydrogens (tertiary/aromatic N) is 5. The molecule has 12 heteroatoms. The third-order valence-corrected chi connectivity index (χ3v) is 11.0. The molecule has 6 heterocycles. The van der Waals surface area contributed by atoms with Gasteiger partial charge in [0.15, 0.2) is 0 Å². The highest BCUT2D eigenvalue weighted by molar-refractivity contribution is 7.31. The number of aromatic amines is 1. The van der Waals surface area contributed by atoms with E-state index in [-0.39, 0.29) is 24.3 Å². The average Bonchev–Trinajstić information content (AvgIpc) is 3.83. The Kier molecular flexibility index (Phi) is 8.43. The van der Waals surface area contributed by atoms with Crippen molar-refractivity contribution in [1.82, 2.24) is 19.8 Å². The van der Waals surface area contributed by atoms with E-state index in [1.54, 1.807) is 32.5 Å². The Morgan fingerprint density at radius 3 is 2.02 bits per heavy atom. The predicted molar refractivity (Wildman–Crippen MR) is 192 cm³/mol. The predicted octanol–water partition coefficient (Wildman–Crippen LogP) is 8.69. The molecule has 7 rings (SSSR count). The maximum absolute atomic E-state index is 12.8. The smallest absolute Gasteiger partial charge is 0.410 e. The van der Waals surface area contributed by atoms with Gasteiger partial charge in [0.25, 0.3) is 0 Å². The number of rotatable bonds is 5. The Balaban J connectivity index is 1.01. The van der Waals surface area contributed by atoms with Crippen LogP contribution in [0, 0.1) is 0 Å². The summed E-state index contributed by atoms with van der Waals surface area (Å²) in [6.07, 6.45) is 4.84. The van der Waals surface area contributed by atoms with Gasteiger partial charge in [0.05, 0.1) is 41.1 Å². The number of hydrogen-bond acceptors (Lipinski definition) is 9. The lowest BCUT2D eigenvalue weighted by Gasteiger charge is -2.27. The molecule has 252 valence electrons. The maximum atomic E-state index is 12.8. The summed E-state index contributed by atoms with van der Waals surface area (Å²) < 4.78 is 13.7. The first-order valence-electron chi connectivity index (χ1n) is 16.6. The van der Waals surface area contributed by atoms with Crippen molar-refractivity contribution in [2.24, 2.45) is 9.98 Å². The van der Waals surface area contributed by atoms with E-state index in [1.807, 2.05) is 47.7 Å². The molecule has 1 N–H and O–H groups in total. The van der Waals surface area contributed by atoms with Crippen LogP contribution in [0.25, 0.3) is 30.4 Å². The van der Waals surface area contributed by atoms with Crippen LogP contribution >= 0.6 is 22.7 Å². The van der Waals surface area contributed by atoms with Crippen LogP contribution in [0.5, 0.6) is 0 Å². The zero-order chi connectivity index (χ0) is 33.8. The minimum absolute atomic E-state index is 0.104. The van der Waals surface area contributed by atoms with Gasteiger partial charge in [0.2, 0.25) is 0 Å². The Morgan fingerprint density at radius 2 is 1.38 bits per heavy atom. The van der Waals surface area contributed by atoms with Gasteiger partial charge >= 0.3 is 12.2 Å². The van der Waals surface area contributed by atoms with E-state index in [9.17, 15) is 9.59 Å². The van der Waals surface area contributed by atoms with Gasteiger partial charge in [0, 0.05) is 27.4 Å². The lowest BCUT2D eigenvalue weighted by atomic mass is 10.1. The summed E-state index contributed by atoms with van der Waals surface area (Å²) in [5.41, 5.74) is 3.02. The molecule has 1 aromatic carbocycles. The zero-order valence-electron chi connectivity index (χ0n) is 28.3. The fraction of sp³-hybridized carbons (Fsp3) is 0.472. The number of fused-ring (bicyclic) bond motifs is 1. The molecule has 3 aromatic heterocycles. The number of aliphatic imine (C=N–C) groups is 2. The van der Waals surface area contributed by atoms with Gasteiger partial charge in [-0.25, -0.2) is 19.6 Å². The van der Waals surface area contributed by atoms with Crippen LogP contribution in [0.2, 0.25) is 0 Å². The van der Waals surface area contributed by atoms with Crippen LogP contribution in [0.15, 0.2) is 52.6 Å². The Morgan fingerprint density at radius 1 is 0.812 bits per heavy atom. The van der Waals surface area contributed by atoms with Crippen molar-refractivity contribution in [2.75, 3.05) is 19.6 Å². The first kappa shape index (κ1) is 32.5. The maximum Gasteiger partial charge on any atom is 0.410 e. The minimum atomic E-state index is -0.537. The molecule has 0 saturated carbocycles. The fourth-order valence-corrected chi connectivity index (χ4v) is 8.80. The molecule has 0 unspecified atom stereocenters. The van der Waals surface area contributed by atoms with Gasteiger partial charge in [-0.3, -0.25) is 14.8 Å². The number of amidine groups is 1. The molecule has 3 aliphatic rings. The molecular formula is C36H42N6O4S2. The van der Waals surface area contributed by atoms with Crippen molar-refractivity contribution >= 4 is 55.8 Å². The molecule has 3 aliphatic heterocycles. The van der Waals surface area contributed by atoms with Crippen molar-refractivity contribution in [3.63, 3.8) is 0 Å². The fourth-order valence-electron chi connectivity index (χ4n) is 6.43. The second-order valence-corrected chi connectivity index (χ2v) is 16.8. The Hall–Kier alpha value is -4.03. The number of hydrogen-bond donors (Lipinski definition) is 1. The summed E-state index contributed by atoms with van der Waals surface area (Å²) in [5.74, 6) is 1.53. The Labute approximate surface area is 288 Å². The SMILES string of the molecule is CC(C)(C)OC(=O)N1CCC[C@H]1C1=NCC(c2ccc(-c3cc4sc(-c5cnc([C@@H]6CCCN6C(=O)OC(C)(C)C)[nH]5)cc4s3)cc2)=N1. The van der Waals surface area contributed by atoms with Crippen LogP contribution in [0.4, 0.5) is 9.59 Å². The van der Waals surface area contributed by atoms with Gasteiger partial charge < -0.3 is 14.5 Å². The van der Waals surface area contributed by atoms with Gasteiger partial charge in [0.1, 0.15) is 22.9 Å². The number of amides is 2. The third-order valence-electron chi connectivity index (χ3n) is 8.59. The van der Waals surface area contributed by atoms with Gasteiger partial charge in [-0.2, -0.15) is 0 Å². The zero-order valence-corrected chi connectivity index (χ0v) is 30.0. The largest absolute Gasteiger partial charge is 0.444 e. The number of nitrogens with one attached hydrogen (secondary N) is 1. The summed E-state index contributed by atoms with van der Waals surface area (Å²) in [5, 5.41) is 0. The van der Waals surface area contributed by atoms with Crippen molar-refractivity contribution in [1.29, 1.82) is 0 Å². The highest BCUT2D eigenvalue weighted by Crippen LogP contribution is 2.42. The van der Waals surface area contributed by atoms with Gasteiger partial charge in [-0.1, -0.05) is 24.3 Å². The molecule has 4 aromatic rings. The lowest BCUT2D eigenvalue weighted by molar-refractivity contribution is 0.0216. The normalized spacial score (nSPS) is 20.0. The summed E-state index contributed by atoms with van der Waals surface area (Å²) in [6.45, 7) is 13.2. The monoisotopic (exact) mass is 686 g/mol. The third kappa shape index (κ3) is 6.78. The van der Waals surface area contributed by atoms with Gasteiger partial charge in [-0.15, -0.1) is 22.7 Å². The number of H-pyrrole nitrogens is 1. The highest BCUT2D eigenvalue weighted by atomic mass is 32.1. The summed E-state index contributed by atoms with van der Waals surface area (Å²) >= 11 is 3.51. The number of carbonyl (C=O) groups excluding carboxylic acids is 2. The van der Waals surface area contributed by atoms with E-state index in [0.29, 0.717) is 19.6 Å². The summed E-state index contributed by atoms with van der Waals surface area (Å²) in [4.78, 5) is 49.3. The van der Waals surface area contributed by atoms with E-state index < -0.39 is 11.2 Å². The number of ether oxygens (including phenoxy) is 2. The van der Waals surface area contributed by atoms with E-state index in [4.69, 9.17) is 19.5 Å². The quantitative estimate of drug-likeness (QED) is 0.226. The van der Waals surface area contributed by atoms with Crippen LogP contribution in [0.1, 0.15) is 84.7 Å². The average molecular weight is 687 g/mol. The van der Waals surface area contributed by atoms with Crippen molar-refractivity contribution in [3.8, 4) is 21.0 Å². The number of likely N-dealkylation sites (tertiary alicyclic amines) is 2. The molecule has 2 amide bonds. The molecule has 10 nitrogen and oxygen atoms in total. The Bertz CT molecular complexity index is 1870. The highest BCUT2D eigenvalue weighted by Gasteiger charge is 2.37. The molecule has 0 radical (unpaired) electrons. The van der Waals surface area contributed by atoms with Crippen LogP contribution < -0.4 is 0 Å². The summed E-state index contributed by atoms with van der Waals surface area (Å²) in [7, 11) is 0. The number of benzene rings is 1. The number of imidazole rings is 1. The second kappa shape index (κ2) is 12.5. The van der Waals surface area contributed by atoms with Crippen molar-refractivity contribution < 1.29 is 19.1 Å². The number of carbonyl (C=O) groups is 2. The van der Waals surface area contributed by atoms with Crippen molar-refractivity contribution in [2.45, 2.75) is 90.5 Å². The summed E-state index contributed by atoms with van der Waals surface area (Å²) in [6, 6.07) is 12.7. The first-order valence-corrected chi connectivity index (χ1v) is 18.3. The van der Waals surface area contributed by atoms with Crippen LogP contribution in [0.3, 0.4) is 0 Å². The molecule has 48 heavy (non-hydrogen) atoms. The minimum Gasteiger partial charge on any atom is -0.444 e. The second-order valence-electron chi connectivity index (χ2n) is 14.6. The van der Waals surface area contributed by atoms with Crippen LogP contribution in [-0.2, 0) is 9.47 Å². The molecule has 0 spiro atoms. The topological polar surface area (TPSA) is 112 Å².